The van der Waals surface area contributed by atoms with Crippen LogP contribution in [0.4, 0.5) is 0 Å². The molecular formula is C57H64Cl2Zr. The maximum absolute atomic E-state index is 2.70. The molecule has 8 bridgehead atoms. The van der Waals surface area contributed by atoms with Crippen LogP contribution in [0, 0.1) is 41.4 Å². The van der Waals surface area contributed by atoms with Crippen LogP contribution in [-0.4, -0.2) is 0 Å². The smallest absolute Gasteiger partial charge is 1.00 e. The topological polar surface area (TPSA) is 0 Å². The Morgan fingerprint density at radius 1 is 0.533 bits per heavy atom. The molecule has 0 aliphatic heterocycles. The summed E-state index contributed by atoms with van der Waals surface area (Å²) in [4.78, 5) is 0. The molecule has 0 nitrogen and oxygen atoms in total. The predicted molar refractivity (Wildman–Crippen MR) is 239 cm³/mol. The summed E-state index contributed by atoms with van der Waals surface area (Å²) in [6.07, 6.45) is 26.8. The summed E-state index contributed by atoms with van der Waals surface area (Å²) in [6, 6.07) is 35.0. The first-order chi connectivity index (χ1) is 28.4. The molecule has 8 saturated carbocycles. The predicted octanol–water partition coefficient (Wildman–Crippen LogP) is 9.47. The number of benzene rings is 4. The Kier molecular flexibility index (Phi) is 11.2. The third-order valence-electron chi connectivity index (χ3n) is 18.0. The Hall–Kier alpha value is -2.18. The number of halogens is 2. The van der Waals surface area contributed by atoms with E-state index in [1.54, 1.807) is 39.0 Å². The molecule has 4 aromatic rings. The van der Waals surface area contributed by atoms with Gasteiger partial charge in [0, 0.05) is 0 Å². The maximum Gasteiger partial charge on any atom is -1.00 e. The average Bonchev–Trinajstić information content (AvgIpc) is 3.78. The number of rotatable bonds is 10. The van der Waals surface area contributed by atoms with Crippen LogP contribution < -0.4 is 24.8 Å². The van der Waals surface area contributed by atoms with Gasteiger partial charge in [-0.05, 0) is 0 Å². The number of allylic oxidation sites excluding steroid dienone is 2. The quantitative estimate of drug-likeness (QED) is 0.149. The van der Waals surface area contributed by atoms with Gasteiger partial charge in [0.2, 0.25) is 0 Å². The third kappa shape index (κ3) is 6.82. The fraction of sp³-hybridized carbons (Fsp3) is 0.509. The third-order valence-corrected chi connectivity index (χ3v) is 22.9. The van der Waals surface area contributed by atoms with Gasteiger partial charge in [-0.3, -0.25) is 0 Å². The fourth-order valence-electron chi connectivity index (χ4n) is 16.2. The van der Waals surface area contributed by atoms with Crippen LogP contribution in [0.1, 0.15) is 158 Å². The Bertz CT molecular complexity index is 2240. The first-order valence-corrected chi connectivity index (χ1v) is 26.9. The van der Waals surface area contributed by atoms with Crippen LogP contribution in [-0.2, 0) is 34.1 Å². The largest absolute Gasteiger partial charge is 1.00 e. The van der Waals surface area contributed by atoms with Crippen molar-refractivity contribution >= 4 is 12.2 Å². The fourth-order valence-corrected chi connectivity index (χ4v) is 21.8. The summed E-state index contributed by atoms with van der Waals surface area (Å²) >= 11 is -1.01. The van der Waals surface area contributed by atoms with Gasteiger partial charge in [-0.1, -0.05) is 0 Å². The molecule has 0 heterocycles. The zero-order chi connectivity index (χ0) is 38.8. The standard InChI is InChI=1S/C30H35.C27H29.2ClH.Zr/c1-3-5-20(2)26-15-25-6-4-7-28(29(25)16-26)24-8-10-27(11-9-24)30-17-21-12-22(18-30)14-23(13-21)19-30;1-2-18-13-23-4-3-5-25(26(23)14-18)22-6-8-24(9-7-22)27-15-19-10-20(16-27)12-21(11-19)17-27;;;/h4,6-11,15-16,20-23H,3,5,12-14,17-19H2,1-2H3;3-9,13-14,19-21H,2,10-12,15-17H2,1H3;2*1H;/q;;;;+2/p-2. The molecule has 0 spiro atoms. The van der Waals surface area contributed by atoms with E-state index in [-0.39, 0.29) is 24.8 Å². The van der Waals surface area contributed by atoms with Gasteiger partial charge in [0.15, 0.2) is 0 Å². The van der Waals surface area contributed by atoms with Crippen molar-refractivity contribution < 1.29 is 48.0 Å². The van der Waals surface area contributed by atoms with Crippen molar-refractivity contribution in [1.82, 2.24) is 0 Å². The van der Waals surface area contributed by atoms with Crippen LogP contribution in [0.5, 0.6) is 0 Å². The number of fused-ring (bicyclic) bond motifs is 2. The SMILES string of the molecule is CCCC(C)C1=Cc2c(-c3ccc(C45CC6CC(CC(C6)C4)C5)cc3)cccc2[CH]1[Zr+2][CH]1C(CC)=Cc2c(-c3ccc(C45CC6CC(CC(C6)C4)C5)cc3)cccc21.[Cl-].[Cl-]. The van der Waals surface area contributed by atoms with Crippen LogP contribution >= 0.6 is 0 Å². The molecule has 310 valence electrons. The van der Waals surface area contributed by atoms with E-state index in [0.717, 1.165) is 41.9 Å². The summed E-state index contributed by atoms with van der Waals surface area (Å²) in [6.45, 7) is 7.35. The van der Waals surface area contributed by atoms with E-state index in [0.29, 0.717) is 24.0 Å². The second-order valence-corrected chi connectivity index (χ2v) is 25.3. The number of hydrogen-bond donors (Lipinski definition) is 0. The van der Waals surface area contributed by atoms with Gasteiger partial charge in [-0.2, -0.15) is 0 Å². The monoisotopic (exact) mass is 908 g/mol. The molecule has 14 rings (SSSR count). The average molecular weight is 911 g/mol. The van der Waals surface area contributed by atoms with Gasteiger partial charge in [0.1, 0.15) is 0 Å². The Labute approximate surface area is 385 Å². The van der Waals surface area contributed by atoms with Crippen LogP contribution in [0.15, 0.2) is 96.1 Å². The first-order valence-electron chi connectivity index (χ1n) is 24.0. The summed E-state index contributed by atoms with van der Waals surface area (Å²) < 4.78 is 1.26. The molecule has 3 unspecified atom stereocenters. The normalized spacial score (nSPS) is 33.9. The van der Waals surface area contributed by atoms with Crippen molar-refractivity contribution in [1.29, 1.82) is 0 Å². The van der Waals surface area contributed by atoms with Gasteiger partial charge in [-0.15, -0.1) is 0 Å². The van der Waals surface area contributed by atoms with Crippen molar-refractivity contribution in [2.75, 3.05) is 0 Å². The van der Waals surface area contributed by atoms with Gasteiger partial charge in [0.05, 0.1) is 0 Å². The molecule has 0 saturated heterocycles. The molecule has 0 radical (unpaired) electrons. The summed E-state index contributed by atoms with van der Waals surface area (Å²) in [5, 5.41) is 0. The Balaban J connectivity index is 0.00000216. The molecule has 4 aromatic carbocycles. The van der Waals surface area contributed by atoms with Crippen LogP contribution in [0.25, 0.3) is 34.4 Å². The zero-order valence-corrected chi connectivity index (χ0v) is 40.3. The maximum atomic E-state index is 2.70. The minimum atomic E-state index is -1.01. The second-order valence-electron chi connectivity index (χ2n) is 21.6. The summed E-state index contributed by atoms with van der Waals surface area (Å²) in [5.74, 6) is 6.56. The summed E-state index contributed by atoms with van der Waals surface area (Å²) in [7, 11) is 0. The Morgan fingerprint density at radius 2 is 0.950 bits per heavy atom. The molecule has 0 N–H and O–H groups in total. The van der Waals surface area contributed by atoms with Gasteiger partial charge >= 0.3 is 364 Å². The van der Waals surface area contributed by atoms with E-state index in [9.17, 15) is 0 Å². The summed E-state index contributed by atoms with van der Waals surface area (Å²) in [5.41, 5.74) is 19.8. The van der Waals surface area contributed by atoms with E-state index in [2.05, 4.69) is 118 Å². The zero-order valence-electron chi connectivity index (χ0n) is 36.3. The second kappa shape index (κ2) is 16.1. The minimum Gasteiger partial charge on any atom is -1.00 e. The molecular weight excluding hydrogens is 847 g/mol. The van der Waals surface area contributed by atoms with Crippen molar-refractivity contribution in [3.05, 3.63) is 129 Å². The first kappa shape index (κ1) is 41.8. The van der Waals surface area contributed by atoms with Gasteiger partial charge in [-0.25, -0.2) is 0 Å². The van der Waals surface area contributed by atoms with E-state index in [4.69, 9.17) is 0 Å². The molecule has 10 aliphatic carbocycles. The molecule has 3 atom stereocenters. The molecule has 10 aliphatic rings. The molecule has 60 heavy (non-hydrogen) atoms. The van der Waals surface area contributed by atoms with Gasteiger partial charge in [0.25, 0.3) is 0 Å². The van der Waals surface area contributed by atoms with E-state index >= 15 is 0 Å². The van der Waals surface area contributed by atoms with Crippen molar-refractivity contribution in [2.24, 2.45) is 41.4 Å². The minimum absolute atomic E-state index is 0. The molecule has 0 aromatic heterocycles. The van der Waals surface area contributed by atoms with Crippen LogP contribution in [0.3, 0.4) is 0 Å². The van der Waals surface area contributed by atoms with Crippen molar-refractivity contribution in [3.8, 4) is 22.3 Å². The van der Waals surface area contributed by atoms with E-state index in [1.807, 2.05) is 0 Å². The van der Waals surface area contributed by atoms with E-state index < -0.39 is 23.2 Å². The Morgan fingerprint density at radius 3 is 1.37 bits per heavy atom. The van der Waals surface area contributed by atoms with E-state index in [1.165, 1.54) is 118 Å². The molecule has 8 fully saturated rings. The van der Waals surface area contributed by atoms with Gasteiger partial charge < -0.3 is 24.8 Å². The number of hydrogen-bond acceptors (Lipinski definition) is 0. The van der Waals surface area contributed by atoms with Crippen molar-refractivity contribution in [3.63, 3.8) is 0 Å². The van der Waals surface area contributed by atoms with Crippen molar-refractivity contribution in [2.45, 2.75) is 135 Å². The molecule has 3 heteroatoms. The molecule has 0 amide bonds. The van der Waals surface area contributed by atoms with Crippen LogP contribution in [0.2, 0.25) is 0 Å².